The SMILES string of the molecule is CCC(CC(c1ccccc1)C(C(=O)Br)C(=O)Br)c1ccccc1. The molecule has 0 aliphatic rings. The number of carbonyl (C=O) groups is 2. The zero-order chi connectivity index (χ0) is 17.5. The Labute approximate surface area is 159 Å². The molecule has 0 saturated heterocycles. The van der Waals surface area contributed by atoms with Gasteiger partial charge in [0.05, 0.1) is 0 Å². The van der Waals surface area contributed by atoms with Gasteiger partial charge in [-0.2, -0.15) is 0 Å². The van der Waals surface area contributed by atoms with Gasteiger partial charge < -0.3 is 0 Å². The quantitative estimate of drug-likeness (QED) is 0.374. The van der Waals surface area contributed by atoms with Crippen LogP contribution in [0.25, 0.3) is 0 Å². The van der Waals surface area contributed by atoms with Crippen LogP contribution in [0.5, 0.6) is 0 Å². The molecule has 4 heteroatoms. The molecule has 0 aliphatic heterocycles. The van der Waals surface area contributed by atoms with Crippen molar-refractivity contribution in [2.24, 2.45) is 5.92 Å². The van der Waals surface area contributed by atoms with Crippen LogP contribution in [0.2, 0.25) is 0 Å². The highest BCUT2D eigenvalue weighted by molar-refractivity contribution is 9.19. The first-order valence-electron chi connectivity index (χ1n) is 8.03. The molecule has 0 fully saturated rings. The lowest BCUT2D eigenvalue weighted by Gasteiger charge is -2.27. The van der Waals surface area contributed by atoms with Gasteiger partial charge in [-0.15, -0.1) is 0 Å². The lowest BCUT2D eigenvalue weighted by Crippen LogP contribution is -2.25. The molecule has 2 unspecified atom stereocenters. The van der Waals surface area contributed by atoms with Crippen molar-refractivity contribution in [3.05, 3.63) is 71.8 Å². The summed E-state index contributed by atoms with van der Waals surface area (Å²) in [5.41, 5.74) is 2.25. The molecule has 0 heterocycles. The topological polar surface area (TPSA) is 34.1 Å². The summed E-state index contributed by atoms with van der Waals surface area (Å²) < 4.78 is -0.553. The Kier molecular flexibility index (Phi) is 7.38. The Hall–Kier alpha value is -1.26. The number of hydrogen-bond acceptors (Lipinski definition) is 2. The van der Waals surface area contributed by atoms with Crippen LogP contribution in [0, 0.1) is 5.92 Å². The fourth-order valence-electron chi connectivity index (χ4n) is 3.14. The molecule has 0 bridgehead atoms. The van der Waals surface area contributed by atoms with E-state index in [-0.39, 0.29) is 21.2 Å². The van der Waals surface area contributed by atoms with E-state index in [2.05, 4.69) is 50.9 Å². The van der Waals surface area contributed by atoms with Crippen molar-refractivity contribution in [1.82, 2.24) is 0 Å². The molecule has 0 saturated carbocycles. The molecular weight excluding hydrogens is 432 g/mol. The Morgan fingerprint density at radius 1 is 0.833 bits per heavy atom. The first-order chi connectivity index (χ1) is 11.5. The minimum Gasteiger partial charge on any atom is -0.286 e. The molecule has 24 heavy (non-hydrogen) atoms. The van der Waals surface area contributed by atoms with E-state index in [1.54, 1.807) is 0 Å². The molecular formula is C20H20Br2O2. The molecule has 0 aliphatic carbocycles. The minimum atomic E-state index is -0.731. The molecule has 126 valence electrons. The van der Waals surface area contributed by atoms with Crippen molar-refractivity contribution >= 4 is 41.2 Å². The fraction of sp³-hybridized carbons (Fsp3) is 0.300. The smallest absolute Gasteiger partial charge is 0.209 e. The predicted octanol–water partition coefficient (Wildman–Crippen LogP) is 5.81. The average molecular weight is 452 g/mol. The van der Waals surface area contributed by atoms with Gasteiger partial charge in [-0.3, -0.25) is 9.59 Å². The van der Waals surface area contributed by atoms with Crippen LogP contribution in [0.15, 0.2) is 60.7 Å². The second kappa shape index (κ2) is 9.28. The predicted molar refractivity (Wildman–Crippen MR) is 105 cm³/mol. The Bertz CT molecular complexity index is 657. The second-order valence-corrected chi connectivity index (χ2v) is 7.42. The van der Waals surface area contributed by atoms with Gasteiger partial charge in [0.15, 0.2) is 0 Å². The molecule has 0 radical (unpaired) electrons. The molecule has 2 nitrogen and oxygen atoms in total. The first-order valence-corrected chi connectivity index (χ1v) is 9.61. The largest absolute Gasteiger partial charge is 0.286 e. The molecule has 2 aromatic carbocycles. The van der Waals surface area contributed by atoms with E-state index in [9.17, 15) is 9.59 Å². The van der Waals surface area contributed by atoms with Gasteiger partial charge in [-0.25, -0.2) is 0 Å². The van der Waals surface area contributed by atoms with Gasteiger partial charge in [0.1, 0.15) is 5.92 Å². The Morgan fingerprint density at radius 3 is 1.71 bits per heavy atom. The van der Waals surface area contributed by atoms with Crippen molar-refractivity contribution in [1.29, 1.82) is 0 Å². The van der Waals surface area contributed by atoms with Crippen molar-refractivity contribution in [2.75, 3.05) is 0 Å². The summed E-state index contributed by atoms with van der Waals surface area (Å²) in [4.78, 5) is 24.1. The van der Waals surface area contributed by atoms with E-state index in [1.807, 2.05) is 48.5 Å². The zero-order valence-electron chi connectivity index (χ0n) is 13.5. The van der Waals surface area contributed by atoms with Gasteiger partial charge in [-0.1, -0.05) is 67.6 Å². The van der Waals surface area contributed by atoms with E-state index in [1.165, 1.54) is 5.56 Å². The van der Waals surface area contributed by atoms with Crippen LogP contribution in [-0.4, -0.2) is 9.39 Å². The third-order valence-electron chi connectivity index (χ3n) is 4.42. The summed E-state index contributed by atoms with van der Waals surface area (Å²) in [6.45, 7) is 2.14. The number of rotatable bonds is 8. The monoisotopic (exact) mass is 450 g/mol. The summed E-state index contributed by atoms with van der Waals surface area (Å²) in [5, 5.41) is 0. The molecule has 2 rings (SSSR count). The number of hydrogen-bond donors (Lipinski definition) is 0. The standard InChI is InChI=1S/C20H20Br2O2/c1-2-14(15-9-5-3-6-10-15)13-17(16-11-7-4-8-12-16)18(19(21)23)20(22)24/h3-12,14,17-18H,2,13H2,1H3. The molecule has 2 aromatic rings. The van der Waals surface area contributed by atoms with E-state index < -0.39 is 5.92 Å². The lowest BCUT2D eigenvalue weighted by atomic mass is 9.78. The van der Waals surface area contributed by atoms with Crippen LogP contribution in [0.1, 0.15) is 42.7 Å². The molecule has 0 aromatic heterocycles. The number of carbonyl (C=O) groups excluding carboxylic acids is 2. The van der Waals surface area contributed by atoms with Crippen molar-refractivity contribution < 1.29 is 9.59 Å². The van der Waals surface area contributed by atoms with Gasteiger partial charge in [0.2, 0.25) is 9.39 Å². The van der Waals surface area contributed by atoms with Gasteiger partial charge in [0.25, 0.3) is 0 Å². The van der Waals surface area contributed by atoms with Gasteiger partial charge in [0, 0.05) is 5.92 Å². The van der Waals surface area contributed by atoms with Crippen LogP contribution < -0.4 is 0 Å². The summed E-state index contributed by atoms with van der Waals surface area (Å²) in [7, 11) is 0. The third-order valence-corrected chi connectivity index (χ3v) is 5.41. The molecule has 0 spiro atoms. The number of halogens is 2. The number of benzene rings is 2. The van der Waals surface area contributed by atoms with Crippen LogP contribution in [0.4, 0.5) is 0 Å². The summed E-state index contributed by atoms with van der Waals surface area (Å²) in [5.74, 6) is -0.613. The normalized spacial score (nSPS) is 13.5. The van der Waals surface area contributed by atoms with E-state index in [4.69, 9.17) is 0 Å². The summed E-state index contributed by atoms with van der Waals surface area (Å²) in [6.07, 6.45) is 1.69. The highest BCUT2D eigenvalue weighted by atomic mass is 79.9. The summed E-state index contributed by atoms with van der Waals surface area (Å²) in [6, 6.07) is 20.1. The molecule has 2 atom stereocenters. The van der Waals surface area contributed by atoms with Crippen LogP contribution >= 0.6 is 31.9 Å². The average Bonchev–Trinajstić information content (AvgIpc) is 2.59. The van der Waals surface area contributed by atoms with E-state index in [0.717, 1.165) is 18.4 Å². The maximum atomic E-state index is 12.1. The van der Waals surface area contributed by atoms with Crippen LogP contribution in [-0.2, 0) is 9.59 Å². The Balaban J connectivity index is 2.38. The van der Waals surface area contributed by atoms with Crippen molar-refractivity contribution in [2.45, 2.75) is 31.6 Å². The second-order valence-electron chi connectivity index (χ2n) is 5.85. The maximum absolute atomic E-state index is 12.1. The van der Waals surface area contributed by atoms with Gasteiger partial charge in [-0.05, 0) is 61.7 Å². The first kappa shape index (κ1) is 19.1. The third kappa shape index (κ3) is 4.87. The van der Waals surface area contributed by atoms with Gasteiger partial charge >= 0.3 is 0 Å². The van der Waals surface area contributed by atoms with E-state index >= 15 is 0 Å². The fourth-order valence-corrected chi connectivity index (χ4v) is 4.50. The minimum absolute atomic E-state index is 0.171. The maximum Gasteiger partial charge on any atom is 0.209 e. The molecule has 0 N–H and O–H groups in total. The van der Waals surface area contributed by atoms with Crippen molar-refractivity contribution in [3.8, 4) is 0 Å². The Morgan fingerprint density at radius 2 is 1.29 bits per heavy atom. The zero-order valence-corrected chi connectivity index (χ0v) is 16.7. The van der Waals surface area contributed by atoms with E-state index in [0.29, 0.717) is 0 Å². The highest BCUT2D eigenvalue weighted by Crippen LogP contribution is 2.39. The molecule has 0 amide bonds. The highest BCUT2D eigenvalue weighted by Gasteiger charge is 2.34. The van der Waals surface area contributed by atoms with Crippen molar-refractivity contribution in [3.63, 3.8) is 0 Å². The summed E-state index contributed by atoms with van der Waals surface area (Å²) >= 11 is 6.04. The van der Waals surface area contributed by atoms with Crippen LogP contribution in [0.3, 0.4) is 0 Å². The lowest BCUT2D eigenvalue weighted by molar-refractivity contribution is -0.123.